The molecule has 1 unspecified atom stereocenters. The summed E-state index contributed by atoms with van der Waals surface area (Å²) in [4.78, 5) is 25.2. The van der Waals surface area contributed by atoms with E-state index in [1.165, 1.54) is 23.0 Å². The van der Waals surface area contributed by atoms with Crippen LogP contribution in [0.5, 0.6) is 11.5 Å². The summed E-state index contributed by atoms with van der Waals surface area (Å²) >= 11 is 0. The Labute approximate surface area is 179 Å². The topological polar surface area (TPSA) is 94.5 Å². The lowest BCUT2D eigenvalue weighted by atomic mass is 10.1. The van der Waals surface area contributed by atoms with E-state index in [0.29, 0.717) is 17.1 Å². The van der Waals surface area contributed by atoms with Gasteiger partial charge in [0, 0.05) is 17.3 Å². The normalized spacial score (nSPS) is 15.5. The van der Waals surface area contributed by atoms with E-state index in [0.717, 1.165) is 17.7 Å². The zero-order valence-corrected chi connectivity index (χ0v) is 16.6. The zero-order chi connectivity index (χ0) is 22.9. The average Bonchev–Trinajstić information content (AvgIpc) is 3.16. The number of nitrogens with one attached hydrogen (secondary N) is 2. The van der Waals surface area contributed by atoms with Gasteiger partial charge >= 0.3 is 6.36 Å². The Kier molecular flexibility index (Phi) is 5.47. The molecule has 3 aromatic rings. The van der Waals surface area contributed by atoms with Gasteiger partial charge in [-0.3, -0.25) is 9.59 Å². The molecule has 0 saturated heterocycles. The van der Waals surface area contributed by atoms with Crippen molar-refractivity contribution in [2.24, 2.45) is 0 Å². The highest BCUT2D eigenvalue weighted by molar-refractivity contribution is 6.03. The van der Waals surface area contributed by atoms with Crippen molar-refractivity contribution in [3.8, 4) is 22.6 Å². The molecule has 0 radical (unpaired) electrons. The van der Waals surface area contributed by atoms with Gasteiger partial charge in [-0.25, -0.2) is 4.68 Å². The maximum Gasteiger partial charge on any atom is 0.573 e. The quantitative estimate of drug-likeness (QED) is 0.618. The molecule has 11 heteroatoms. The number of alkyl halides is 3. The van der Waals surface area contributed by atoms with Gasteiger partial charge in [0.15, 0.2) is 0 Å². The number of carbonyl (C=O) groups is 2. The Morgan fingerprint density at radius 3 is 2.62 bits per heavy atom. The van der Waals surface area contributed by atoms with Crippen molar-refractivity contribution in [3.05, 3.63) is 54.7 Å². The van der Waals surface area contributed by atoms with Gasteiger partial charge < -0.3 is 20.1 Å². The molecular weight excluding hydrogens is 429 g/mol. The molecule has 1 aromatic heterocycles. The highest BCUT2D eigenvalue weighted by Crippen LogP contribution is 2.35. The molecule has 2 N–H and O–H groups in total. The summed E-state index contributed by atoms with van der Waals surface area (Å²) in [6, 6.07) is 11.0. The predicted molar refractivity (Wildman–Crippen MR) is 108 cm³/mol. The number of carbonyl (C=O) groups excluding carboxylic acids is 2. The largest absolute Gasteiger partial charge is 0.573 e. The number of rotatable bonds is 5. The summed E-state index contributed by atoms with van der Waals surface area (Å²) in [5.41, 5.74) is 1.45. The Morgan fingerprint density at radius 1 is 1.19 bits per heavy atom. The summed E-state index contributed by atoms with van der Waals surface area (Å²) in [6.45, 7) is 0. The molecule has 4 rings (SSSR count). The van der Waals surface area contributed by atoms with Crippen LogP contribution in [0.15, 0.2) is 54.7 Å². The number of hydrogen-bond donors (Lipinski definition) is 2. The number of fused-ring (bicyclic) bond motifs is 1. The highest BCUT2D eigenvalue weighted by atomic mass is 19.4. The lowest BCUT2D eigenvalue weighted by Gasteiger charge is -2.24. The summed E-state index contributed by atoms with van der Waals surface area (Å²) < 4.78 is 47.7. The lowest BCUT2D eigenvalue weighted by molar-refractivity contribution is -0.274. The third-order valence-electron chi connectivity index (χ3n) is 4.77. The van der Waals surface area contributed by atoms with Gasteiger partial charge in [0.05, 0.1) is 19.7 Å². The van der Waals surface area contributed by atoms with Crippen molar-refractivity contribution < 1.29 is 32.2 Å². The molecule has 0 spiro atoms. The Bertz CT molecular complexity index is 1160. The van der Waals surface area contributed by atoms with Gasteiger partial charge in [-0.15, -0.1) is 13.2 Å². The molecule has 0 aliphatic carbocycles. The molecule has 1 aliphatic heterocycles. The van der Waals surface area contributed by atoms with E-state index < -0.39 is 24.1 Å². The Morgan fingerprint density at radius 2 is 1.94 bits per heavy atom. The first kappa shape index (κ1) is 21.2. The van der Waals surface area contributed by atoms with Crippen molar-refractivity contribution in [2.75, 3.05) is 17.7 Å². The van der Waals surface area contributed by atoms with E-state index in [4.69, 9.17) is 4.74 Å². The summed E-state index contributed by atoms with van der Waals surface area (Å²) in [6.07, 6.45) is -3.51. The number of nitrogens with zero attached hydrogens (tertiary/aromatic N) is 2. The average molecular weight is 446 g/mol. The fourth-order valence-corrected chi connectivity index (χ4v) is 3.35. The molecular formula is C21H17F3N4O4. The van der Waals surface area contributed by atoms with Crippen molar-refractivity contribution in [1.29, 1.82) is 0 Å². The minimum absolute atomic E-state index is 0.0896. The van der Waals surface area contributed by atoms with E-state index in [9.17, 15) is 22.8 Å². The van der Waals surface area contributed by atoms with Crippen LogP contribution in [0.25, 0.3) is 11.1 Å². The number of aromatic nitrogens is 2. The molecule has 32 heavy (non-hydrogen) atoms. The number of ether oxygens (including phenoxy) is 2. The van der Waals surface area contributed by atoms with Crippen LogP contribution in [-0.2, 0) is 9.59 Å². The first-order valence-corrected chi connectivity index (χ1v) is 9.42. The zero-order valence-electron chi connectivity index (χ0n) is 16.6. The maximum absolute atomic E-state index is 12.9. The predicted octanol–water partition coefficient (Wildman–Crippen LogP) is 3.98. The minimum Gasteiger partial charge on any atom is -0.497 e. The fourth-order valence-electron chi connectivity index (χ4n) is 3.35. The first-order valence-electron chi connectivity index (χ1n) is 9.42. The number of halogens is 3. The number of anilines is 2. The molecule has 0 saturated carbocycles. The number of methoxy groups -OCH3 is 1. The SMILES string of the molecule is COc1ccc(-c2cnn3c2NC(=O)CC3C(=O)Nc2cccc(OC(F)(F)F)c2)cc1. The van der Waals surface area contributed by atoms with E-state index >= 15 is 0 Å². The van der Waals surface area contributed by atoms with Gasteiger partial charge in [0.25, 0.3) is 0 Å². The smallest absolute Gasteiger partial charge is 0.497 e. The van der Waals surface area contributed by atoms with Crippen molar-refractivity contribution >= 4 is 23.3 Å². The van der Waals surface area contributed by atoms with Crippen molar-refractivity contribution in [3.63, 3.8) is 0 Å². The highest BCUT2D eigenvalue weighted by Gasteiger charge is 2.34. The summed E-state index contributed by atoms with van der Waals surface area (Å²) in [7, 11) is 1.55. The van der Waals surface area contributed by atoms with Crippen LogP contribution in [0.4, 0.5) is 24.7 Å². The maximum atomic E-state index is 12.9. The van der Waals surface area contributed by atoms with Crippen LogP contribution < -0.4 is 20.1 Å². The monoisotopic (exact) mass is 446 g/mol. The third-order valence-corrected chi connectivity index (χ3v) is 4.77. The van der Waals surface area contributed by atoms with Crippen LogP contribution >= 0.6 is 0 Å². The third kappa shape index (κ3) is 4.51. The Hall–Kier alpha value is -4.02. The molecule has 166 valence electrons. The van der Waals surface area contributed by atoms with E-state index in [1.807, 2.05) is 0 Å². The second-order valence-corrected chi connectivity index (χ2v) is 6.91. The molecule has 8 nitrogen and oxygen atoms in total. The minimum atomic E-state index is -4.86. The molecule has 0 bridgehead atoms. The number of hydrogen-bond acceptors (Lipinski definition) is 5. The molecule has 0 fully saturated rings. The van der Waals surface area contributed by atoms with Crippen molar-refractivity contribution in [2.45, 2.75) is 18.8 Å². The van der Waals surface area contributed by atoms with Crippen molar-refractivity contribution in [1.82, 2.24) is 9.78 Å². The van der Waals surface area contributed by atoms with E-state index in [2.05, 4.69) is 20.5 Å². The number of amides is 2. The van der Waals surface area contributed by atoms with Gasteiger partial charge in [-0.1, -0.05) is 18.2 Å². The fraction of sp³-hybridized carbons (Fsp3) is 0.190. The van der Waals surface area contributed by atoms with Crippen LogP contribution in [0, 0.1) is 0 Å². The second kappa shape index (κ2) is 8.25. The molecule has 1 atom stereocenters. The van der Waals surface area contributed by atoms with E-state index in [1.54, 1.807) is 31.4 Å². The van der Waals surface area contributed by atoms with Gasteiger partial charge in [0.2, 0.25) is 11.8 Å². The van der Waals surface area contributed by atoms with Gasteiger partial charge in [-0.2, -0.15) is 5.10 Å². The summed E-state index contributed by atoms with van der Waals surface area (Å²) in [5, 5.41) is 9.50. The van der Waals surface area contributed by atoms with Crippen LogP contribution in [0.1, 0.15) is 12.5 Å². The molecule has 1 aliphatic rings. The Balaban J connectivity index is 1.58. The van der Waals surface area contributed by atoms with Crippen LogP contribution in [-0.4, -0.2) is 35.1 Å². The van der Waals surface area contributed by atoms with Gasteiger partial charge in [0.1, 0.15) is 23.4 Å². The molecule has 2 heterocycles. The number of benzene rings is 2. The second-order valence-electron chi connectivity index (χ2n) is 6.91. The molecule has 2 aromatic carbocycles. The lowest BCUT2D eigenvalue weighted by Crippen LogP contribution is -2.35. The summed E-state index contributed by atoms with van der Waals surface area (Å²) in [5.74, 6) is -0.455. The molecule has 2 amide bonds. The standard InChI is InChI=1S/C21H17F3N4O4/c1-31-14-7-5-12(6-8-14)16-11-25-28-17(10-18(29)27-19(16)28)20(30)26-13-3-2-4-15(9-13)32-21(22,23)24/h2-9,11,17H,10H2,1H3,(H,26,30)(H,27,29). The van der Waals surface area contributed by atoms with Crippen LogP contribution in [0.2, 0.25) is 0 Å². The first-order chi connectivity index (χ1) is 15.2. The van der Waals surface area contributed by atoms with Crippen LogP contribution in [0.3, 0.4) is 0 Å². The van der Waals surface area contributed by atoms with E-state index in [-0.39, 0.29) is 18.0 Å². The van der Waals surface area contributed by atoms with Gasteiger partial charge in [-0.05, 0) is 29.8 Å².